The predicted octanol–water partition coefficient (Wildman–Crippen LogP) is 4.37. The molecule has 0 radical (unpaired) electrons. The van der Waals surface area contributed by atoms with Gasteiger partial charge in [0.15, 0.2) is 0 Å². The number of hydrogen-bond acceptors (Lipinski definition) is 2. The van der Waals surface area contributed by atoms with E-state index < -0.39 is 0 Å². The third-order valence-corrected chi connectivity index (χ3v) is 3.80. The molecule has 0 spiro atoms. The highest BCUT2D eigenvalue weighted by atomic mass is 79.9. The molecule has 2 nitrogen and oxygen atoms in total. The van der Waals surface area contributed by atoms with Crippen molar-refractivity contribution in [2.45, 2.75) is 20.4 Å². The second-order valence-corrected chi connectivity index (χ2v) is 5.56. The summed E-state index contributed by atoms with van der Waals surface area (Å²) in [5, 5.41) is 0. The number of nitrogen functional groups attached to an aromatic ring is 1. The van der Waals surface area contributed by atoms with Gasteiger partial charge >= 0.3 is 0 Å². The minimum atomic E-state index is 0.834. The van der Waals surface area contributed by atoms with Crippen LogP contribution in [-0.4, -0.2) is 6.54 Å². The van der Waals surface area contributed by atoms with Crippen LogP contribution in [0.4, 0.5) is 11.4 Å². The fraction of sp³-hybridized carbons (Fsp3) is 0.250. The average molecular weight is 319 g/mol. The summed E-state index contributed by atoms with van der Waals surface area (Å²) in [7, 11) is 0. The van der Waals surface area contributed by atoms with Crippen LogP contribution in [0.25, 0.3) is 0 Å². The first kappa shape index (κ1) is 13.9. The van der Waals surface area contributed by atoms with Crippen LogP contribution in [0, 0.1) is 6.92 Å². The number of benzene rings is 2. The standard InChI is InChI=1S/C16H19BrN2/c1-3-19(16-7-5-4-6-12(16)2)11-13-8-9-14(17)10-15(13)18/h4-10H,3,11,18H2,1-2H3. The lowest BCUT2D eigenvalue weighted by Crippen LogP contribution is -2.23. The van der Waals surface area contributed by atoms with Gasteiger partial charge in [-0.2, -0.15) is 0 Å². The molecule has 0 amide bonds. The van der Waals surface area contributed by atoms with Crippen molar-refractivity contribution < 1.29 is 0 Å². The van der Waals surface area contributed by atoms with E-state index >= 15 is 0 Å². The Bertz CT molecular complexity index is 566. The Morgan fingerprint density at radius 1 is 1.16 bits per heavy atom. The molecule has 2 rings (SSSR count). The summed E-state index contributed by atoms with van der Waals surface area (Å²) in [5.41, 5.74) is 10.6. The number of para-hydroxylation sites is 1. The van der Waals surface area contributed by atoms with Crippen LogP contribution in [0.5, 0.6) is 0 Å². The Morgan fingerprint density at radius 3 is 2.53 bits per heavy atom. The summed E-state index contributed by atoms with van der Waals surface area (Å²) in [5.74, 6) is 0. The molecular weight excluding hydrogens is 300 g/mol. The van der Waals surface area contributed by atoms with Crippen molar-refractivity contribution in [3.63, 3.8) is 0 Å². The number of rotatable bonds is 4. The van der Waals surface area contributed by atoms with Crippen LogP contribution in [0.3, 0.4) is 0 Å². The zero-order valence-electron chi connectivity index (χ0n) is 11.4. The molecule has 2 N–H and O–H groups in total. The van der Waals surface area contributed by atoms with Gasteiger partial charge in [0, 0.05) is 28.9 Å². The van der Waals surface area contributed by atoms with E-state index in [-0.39, 0.29) is 0 Å². The Hall–Kier alpha value is -1.48. The number of hydrogen-bond donors (Lipinski definition) is 1. The molecule has 0 saturated carbocycles. The lowest BCUT2D eigenvalue weighted by Gasteiger charge is -2.25. The van der Waals surface area contributed by atoms with Gasteiger partial charge in [-0.25, -0.2) is 0 Å². The van der Waals surface area contributed by atoms with Crippen molar-refractivity contribution >= 4 is 27.3 Å². The molecule has 0 aliphatic carbocycles. The molecule has 0 fully saturated rings. The smallest absolute Gasteiger partial charge is 0.0449 e. The lowest BCUT2D eigenvalue weighted by atomic mass is 10.1. The molecular formula is C16H19BrN2. The van der Waals surface area contributed by atoms with Crippen LogP contribution in [0.2, 0.25) is 0 Å². The number of halogens is 1. The highest BCUT2D eigenvalue weighted by Crippen LogP contribution is 2.25. The zero-order valence-corrected chi connectivity index (χ0v) is 12.9. The van der Waals surface area contributed by atoms with Crippen LogP contribution in [0.1, 0.15) is 18.1 Å². The van der Waals surface area contributed by atoms with Gasteiger partial charge in [0.1, 0.15) is 0 Å². The van der Waals surface area contributed by atoms with Crippen LogP contribution in [0.15, 0.2) is 46.9 Å². The Labute approximate surface area is 123 Å². The maximum absolute atomic E-state index is 6.08. The summed E-state index contributed by atoms with van der Waals surface area (Å²) in [6.45, 7) is 6.10. The van der Waals surface area contributed by atoms with Crippen molar-refractivity contribution in [3.8, 4) is 0 Å². The van der Waals surface area contributed by atoms with E-state index in [4.69, 9.17) is 5.73 Å². The maximum Gasteiger partial charge on any atom is 0.0449 e. The highest BCUT2D eigenvalue weighted by Gasteiger charge is 2.09. The average Bonchev–Trinajstić information content (AvgIpc) is 2.39. The minimum Gasteiger partial charge on any atom is -0.398 e. The van der Waals surface area contributed by atoms with E-state index in [1.807, 2.05) is 12.1 Å². The fourth-order valence-electron chi connectivity index (χ4n) is 2.20. The molecule has 0 atom stereocenters. The molecule has 0 heterocycles. The third-order valence-electron chi connectivity index (χ3n) is 3.31. The quantitative estimate of drug-likeness (QED) is 0.848. The van der Waals surface area contributed by atoms with Crippen molar-refractivity contribution in [3.05, 3.63) is 58.1 Å². The largest absolute Gasteiger partial charge is 0.398 e. The van der Waals surface area contributed by atoms with E-state index in [1.165, 1.54) is 11.3 Å². The van der Waals surface area contributed by atoms with Gasteiger partial charge in [0.2, 0.25) is 0 Å². The second kappa shape index (κ2) is 6.11. The summed E-state index contributed by atoms with van der Waals surface area (Å²) < 4.78 is 1.02. The molecule has 0 unspecified atom stereocenters. The molecule has 3 heteroatoms. The molecule has 0 saturated heterocycles. The van der Waals surface area contributed by atoms with E-state index in [0.717, 1.165) is 28.8 Å². The topological polar surface area (TPSA) is 29.3 Å². The van der Waals surface area contributed by atoms with E-state index in [1.54, 1.807) is 0 Å². The first-order valence-electron chi connectivity index (χ1n) is 6.46. The van der Waals surface area contributed by atoms with Gasteiger partial charge < -0.3 is 10.6 Å². The number of nitrogens with two attached hydrogens (primary N) is 1. The van der Waals surface area contributed by atoms with Crippen LogP contribution >= 0.6 is 15.9 Å². The van der Waals surface area contributed by atoms with Gasteiger partial charge in [-0.3, -0.25) is 0 Å². The van der Waals surface area contributed by atoms with Crippen molar-refractivity contribution in [1.82, 2.24) is 0 Å². The SMILES string of the molecule is CCN(Cc1ccc(Br)cc1N)c1ccccc1C. The van der Waals surface area contributed by atoms with E-state index in [2.05, 4.69) is 65.0 Å². The van der Waals surface area contributed by atoms with Crippen molar-refractivity contribution in [2.75, 3.05) is 17.2 Å². The third kappa shape index (κ3) is 3.29. The molecule has 0 aliphatic rings. The predicted molar refractivity (Wildman–Crippen MR) is 86.5 cm³/mol. The summed E-state index contributed by atoms with van der Waals surface area (Å²) in [6.07, 6.45) is 0. The monoisotopic (exact) mass is 318 g/mol. The van der Waals surface area contributed by atoms with E-state index in [0.29, 0.717) is 0 Å². The minimum absolute atomic E-state index is 0.834. The number of anilines is 2. The van der Waals surface area contributed by atoms with Crippen LogP contribution in [-0.2, 0) is 6.54 Å². The van der Waals surface area contributed by atoms with Crippen molar-refractivity contribution in [1.29, 1.82) is 0 Å². The maximum atomic E-state index is 6.08. The molecule has 0 bridgehead atoms. The number of nitrogens with zero attached hydrogens (tertiary/aromatic N) is 1. The Balaban J connectivity index is 2.27. The summed E-state index contributed by atoms with van der Waals surface area (Å²) in [6, 6.07) is 14.5. The highest BCUT2D eigenvalue weighted by molar-refractivity contribution is 9.10. The molecule has 0 aromatic heterocycles. The molecule has 2 aromatic rings. The van der Waals surface area contributed by atoms with Crippen molar-refractivity contribution in [2.24, 2.45) is 0 Å². The zero-order chi connectivity index (χ0) is 13.8. The fourth-order valence-corrected chi connectivity index (χ4v) is 2.58. The van der Waals surface area contributed by atoms with Crippen LogP contribution < -0.4 is 10.6 Å². The molecule has 19 heavy (non-hydrogen) atoms. The Morgan fingerprint density at radius 2 is 1.89 bits per heavy atom. The summed E-state index contributed by atoms with van der Waals surface area (Å²) >= 11 is 3.44. The Kier molecular flexibility index (Phi) is 4.48. The van der Waals surface area contributed by atoms with E-state index in [9.17, 15) is 0 Å². The molecule has 100 valence electrons. The lowest BCUT2D eigenvalue weighted by molar-refractivity contribution is 0.829. The van der Waals surface area contributed by atoms with Gasteiger partial charge in [0.25, 0.3) is 0 Å². The number of aryl methyl sites for hydroxylation is 1. The van der Waals surface area contributed by atoms with Gasteiger partial charge in [-0.05, 0) is 43.2 Å². The molecule has 2 aromatic carbocycles. The van der Waals surface area contributed by atoms with Gasteiger partial charge in [-0.15, -0.1) is 0 Å². The van der Waals surface area contributed by atoms with Gasteiger partial charge in [0.05, 0.1) is 0 Å². The van der Waals surface area contributed by atoms with Gasteiger partial charge in [-0.1, -0.05) is 40.2 Å². The summed E-state index contributed by atoms with van der Waals surface area (Å²) in [4.78, 5) is 2.34. The normalized spacial score (nSPS) is 10.5. The molecule has 0 aliphatic heterocycles. The first-order chi connectivity index (χ1) is 9.11. The second-order valence-electron chi connectivity index (χ2n) is 4.64. The first-order valence-corrected chi connectivity index (χ1v) is 7.25.